The summed E-state index contributed by atoms with van der Waals surface area (Å²) in [4.78, 5) is 28.5. The van der Waals surface area contributed by atoms with Crippen molar-refractivity contribution in [3.8, 4) is 0 Å². The minimum atomic E-state index is -0.210. The van der Waals surface area contributed by atoms with Crippen LogP contribution in [0.1, 0.15) is 60.3 Å². The van der Waals surface area contributed by atoms with Gasteiger partial charge in [-0.3, -0.25) is 14.9 Å². The summed E-state index contributed by atoms with van der Waals surface area (Å²) in [5.41, 5.74) is 2.27. The van der Waals surface area contributed by atoms with Crippen LogP contribution >= 0.6 is 11.3 Å². The molecule has 1 saturated carbocycles. The van der Waals surface area contributed by atoms with Gasteiger partial charge in [0.1, 0.15) is 5.01 Å². The van der Waals surface area contributed by atoms with Gasteiger partial charge >= 0.3 is 0 Å². The molecule has 8 nitrogen and oxygen atoms in total. The van der Waals surface area contributed by atoms with Gasteiger partial charge in [-0.2, -0.15) is 0 Å². The second-order valence-corrected chi connectivity index (χ2v) is 8.28. The van der Waals surface area contributed by atoms with Gasteiger partial charge in [0.15, 0.2) is 0 Å². The first-order chi connectivity index (χ1) is 14.1. The van der Waals surface area contributed by atoms with Crippen molar-refractivity contribution >= 4 is 39.3 Å². The lowest BCUT2D eigenvalue weighted by Gasteiger charge is -2.07. The molecule has 29 heavy (non-hydrogen) atoms. The molecule has 0 saturated heterocycles. The van der Waals surface area contributed by atoms with Gasteiger partial charge in [0, 0.05) is 31.0 Å². The molecule has 2 aromatic heterocycles. The van der Waals surface area contributed by atoms with Gasteiger partial charge in [-0.05, 0) is 43.9 Å². The number of rotatable bonds is 9. The fourth-order valence-electron chi connectivity index (χ4n) is 3.13. The number of hydrogen-bond acceptors (Lipinski definition) is 6. The number of hydrogen-bond donors (Lipinski definition) is 2. The predicted molar refractivity (Wildman–Crippen MR) is 112 cm³/mol. The van der Waals surface area contributed by atoms with E-state index in [-0.39, 0.29) is 11.8 Å². The van der Waals surface area contributed by atoms with Crippen molar-refractivity contribution in [2.75, 3.05) is 11.9 Å². The monoisotopic (exact) mass is 412 g/mol. The first kappa shape index (κ1) is 19.5. The van der Waals surface area contributed by atoms with Crippen molar-refractivity contribution in [2.24, 2.45) is 0 Å². The zero-order chi connectivity index (χ0) is 20.2. The van der Waals surface area contributed by atoms with Crippen LogP contribution in [0.15, 0.2) is 24.5 Å². The van der Waals surface area contributed by atoms with Crippen molar-refractivity contribution in [1.82, 2.24) is 25.1 Å². The molecule has 0 radical (unpaired) electrons. The van der Waals surface area contributed by atoms with E-state index < -0.39 is 0 Å². The number of aryl methyl sites for hydroxylation is 1. The van der Waals surface area contributed by atoms with E-state index in [9.17, 15) is 9.59 Å². The molecular formula is C20H24N6O2S. The summed E-state index contributed by atoms with van der Waals surface area (Å²) in [5.74, 6) is 0.412. The van der Waals surface area contributed by atoms with Crippen LogP contribution in [0.3, 0.4) is 0 Å². The van der Waals surface area contributed by atoms with E-state index in [1.807, 2.05) is 17.6 Å². The van der Waals surface area contributed by atoms with Gasteiger partial charge in [-0.1, -0.05) is 18.3 Å². The molecule has 2 heterocycles. The third kappa shape index (κ3) is 4.79. The van der Waals surface area contributed by atoms with Crippen LogP contribution in [0, 0.1) is 0 Å². The normalized spacial score (nSPS) is 13.6. The van der Waals surface area contributed by atoms with Crippen LogP contribution in [0.4, 0.5) is 5.13 Å². The fraction of sp³-hybridized carbons (Fsp3) is 0.450. The van der Waals surface area contributed by atoms with Crippen molar-refractivity contribution in [1.29, 1.82) is 0 Å². The van der Waals surface area contributed by atoms with Crippen molar-refractivity contribution < 1.29 is 9.59 Å². The molecule has 3 aromatic rings. The molecule has 0 atom stereocenters. The topological polar surface area (TPSA) is 102 Å². The molecule has 1 fully saturated rings. The van der Waals surface area contributed by atoms with E-state index in [2.05, 4.69) is 25.8 Å². The number of carbonyl (C=O) groups is 2. The summed E-state index contributed by atoms with van der Waals surface area (Å²) in [6, 6.07) is 5.48. The Morgan fingerprint density at radius 1 is 1.28 bits per heavy atom. The molecular weight excluding hydrogens is 388 g/mol. The van der Waals surface area contributed by atoms with E-state index in [0.717, 1.165) is 48.3 Å². The summed E-state index contributed by atoms with van der Waals surface area (Å²) in [6.07, 6.45) is 6.34. The number of aromatic nitrogens is 4. The highest BCUT2D eigenvalue weighted by atomic mass is 32.1. The van der Waals surface area contributed by atoms with Gasteiger partial charge in [0.25, 0.3) is 5.91 Å². The van der Waals surface area contributed by atoms with Gasteiger partial charge in [-0.25, -0.2) is 4.98 Å². The lowest BCUT2D eigenvalue weighted by atomic mass is 10.2. The predicted octanol–water partition coefficient (Wildman–Crippen LogP) is 3.32. The molecule has 1 aliphatic rings. The van der Waals surface area contributed by atoms with Crippen LogP contribution in [0.25, 0.3) is 11.0 Å². The average molecular weight is 413 g/mol. The molecule has 0 spiro atoms. The van der Waals surface area contributed by atoms with Crippen molar-refractivity contribution in [2.45, 2.75) is 51.5 Å². The number of amides is 2. The highest BCUT2D eigenvalue weighted by Crippen LogP contribution is 2.42. The number of nitrogens with zero attached hydrogens (tertiary/aromatic N) is 4. The standard InChI is InChI=1S/C20H24N6O2S/c1-2-4-17(27)21-9-3-10-26-12-22-15-11-14(7-8-16(15)26)18(28)23-20-25-24-19(29-20)13-5-6-13/h7-8,11-13H,2-6,9-10H2,1H3,(H,21,27)(H,23,25,28). The maximum Gasteiger partial charge on any atom is 0.257 e. The van der Waals surface area contributed by atoms with E-state index >= 15 is 0 Å². The molecule has 152 valence electrons. The fourth-order valence-corrected chi connectivity index (χ4v) is 4.03. The van der Waals surface area contributed by atoms with Crippen molar-refractivity contribution in [3.63, 3.8) is 0 Å². The maximum absolute atomic E-state index is 12.5. The summed E-state index contributed by atoms with van der Waals surface area (Å²) < 4.78 is 2.04. The zero-order valence-electron chi connectivity index (χ0n) is 16.4. The molecule has 1 aromatic carbocycles. The van der Waals surface area contributed by atoms with E-state index in [1.54, 1.807) is 18.5 Å². The Balaban J connectivity index is 1.35. The third-order valence-corrected chi connectivity index (χ3v) is 5.85. The minimum absolute atomic E-state index is 0.0957. The zero-order valence-corrected chi connectivity index (χ0v) is 17.2. The lowest BCUT2D eigenvalue weighted by Crippen LogP contribution is -2.24. The molecule has 9 heteroatoms. The first-order valence-corrected chi connectivity index (χ1v) is 10.8. The number of fused-ring (bicyclic) bond motifs is 1. The highest BCUT2D eigenvalue weighted by molar-refractivity contribution is 7.15. The Hall–Kier alpha value is -2.81. The van der Waals surface area contributed by atoms with Crippen LogP contribution in [-0.2, 0) is 11.3 Å². The molecule has 2 amide bonds. The Labute approximate surface area is 172 Å². The number of imidazole rings is 1. The van der Waals surface area contributed by atoms with Gasteiger partial charge in [0.05, 0.1) is 17.4 Å². The van der Waals surface area contributed by atoms with Gasteiger partial charge in [-0.15, -0.1) is 10.2 Å². The Bertz CT molecular complexity index is 1020. The van der Waals surface area contributed by atoms with E-state index in [4.69, 9.17) is 0 Å². The lowest BCUT2D eigenvalue weighted by molar-refractivity contribution is -0.121. The third-order valence-electron chi connectivity index (χ3n) is 4.85. The Morgan fingerprint density at radius 3 is 2.93 bits per heavy atom. The van der Waals surface area contributed by atoms with Crippen LogP contribution in [-0.4, -0.2) is 38.1 Å². The number of anilines is 1. The summed E-state index contributed by atoms with van der Waals surface area (Å²) in [6.45, 7) is 3.39. The second-order valence-electron chi connectivity index (χ2n) is 7.27. The average Bonchev–Trinajstić information content (AvgIpc) is 3.33. The smallest absolute Gasteiger partial charge is 0.257 e. The molecule has 0 unspecified atom stereocenters. The SMILES string of the molecule is CCCC(=O)NCCCn1cnc2cc(C(=O)Nc3nnc(C4CC4)s3)ccc21. The van der Waals surface area contributed by atoms with Crippen molar-refractivity contribution in [3.05, 3.63) is 35.1 Å². The maximum atomic E-state index is 12.5. The van der Waals surface area contributed by atoms with Gasteiger partial charge in [0.2, 0.25) is 11.0 Å². The van der Waals surface area contributed by atoms with E-state index in [1.165, 1.54) is 11.3 Å². The second kappa shape index (κ2) is 8.69. The van der Waals surface area contributed by atoms with Crippen LogP contribution in [0.2, 0.25) is 0 Å². The number of carbonyl (C=O) groups excluding carboxylic acids is 2. The largest absolute Gasteiger partial charge is 0.356 e. The molecule has 2 N–H and O–H groups in total. The molecule has 1 aliphatic carbocycles. The number of nitrogens with one attached hydrogen (secondary N) is 2. The van der Waals surface area contributed by atoms with Crippen LogP contribution < -0.4 is 10.6 Å². The first-order valence-electron chi connectivity index (χ1n) is 10.0. The Kier molecular flexibility index (Phi) is 5.84. The summed E-state index contributed by atoms with van der Waals surface area (Å²) >= 11 is 1.45. The molecule has 0 aliphatic heterocycles. The highest BCUT2D eigenvalue weighted by Gasteiger charge is 2.27. The minimum Gasteiger partial charge on any atom is -0.356 e. The molecule has 0 bridgehead atoms. The number of benzene rings is 1. The summed E-state index contributed by atoms with van der Waals surface area (Å²) in [5, 5.41) is 15.5. The van der Waals surface area contributed by atoms with Crippen LogP contribution in [0.5, 0.6) is 0 Å². The summed E-state index contributed by atoms with van der Waals surface area (Å²) in [7, 11) is 0. The molecule has 4 rings (SSSR count). The Morgan fingerprint density at radius 2 is 2.14 bits per heavy atom. The quantitative estimate of drug-likeness (QED) is 0.525. The van der Waals surface area contributed by atoms with E-state index in [0.29, 0.717) is 29.6 Å². The van der Waals surface area contributed by atoms with Gasteiger partial charge < -0.3 is 9.88 Å².